The van der Waals surface area contributed by atoms with Crippen LogP contribution in [0.25, 0.3) is 22.7 Å². The second-order valence-corrected chi connectivity index (χ2v) is 8.84. The molecule has 3 aromatic rings. The molecule has 0 aromatic carbocycles. The molecular weight excluding hydrogens is 348 g/mol. The summed E-state index contributed by atoms with van der Waals surface area (Å²) in [5.41, 5.74) is 1.41. The Bertz CT molecular complexity index is 1060. The molecule has 0 saturated heterocycles. The minimum atomic E-state index is -3.44. The van der Waals surface area contributed by atoms with Crippen LogP contribution >= 0.6 is 0 Å². The highest BCUT2D eigenvalue weighted by molar-refractivity contribution is 7.91. The minimum absolute atomic E-state index is 0.0210. The van der Waals surface area contributed by atoms with Gasteiger partial charge in [-0.2, -0.15) is 0 Å². The van der Waals surface area contributed by atoms with E-state index >= 15 is 0 Å². The smallest absolute Gasteiger partial charge is 0.180 e. The Morgan fingerprint density at radius 1 is 1.29 bits per heavy atom. The fourth-order valence-electron chi connectivity index (χ4n) is 2.39. The number of hydrogen-bond acceptors (Lipinski definition) is 6. The van der Waals surface area contributed by atoms with Crippen molar-refractivity contribution in [3.8, 4) is 11.5 Å². The maximum absolute atomic E-state index is 12.3. The minimum Gasteiger partial charge on any atom is -0.310 e. The molecule has 0 bridgehead atoms. The van der Waals surface area contributed by atoms with E-state index in [0.717, 1.165) is 0 Å². The van der Waals surface area contributed by atoms with Crippen molar-refractivity contribution in [3.63, 3.8) is 0 Å². The van der Waals surface area contributed by atoms with Gasteiger partial charge in [0.25, 0.3) is 0 Å². The van der Waals surface area contributed by atoms with E-state index < -0.39 is 20.6 Å². The first kappa shape index (κ1) is 16.7. The van der Waals surface area contributed by atoms with Crippen molar-refractivity contribution in [3.05, 3.63) is 30.6 Å². The molecule has 9 heteroatoms. The van der Waals surface area contributed by atoms with E-state index in [9.17, 15) is 12.6 Å². The Balaban J connectivity index is 2.28. The molecule has 0 N–H and O–H groups in total. The number of rotatable bonds is 4. The molecule has 24 heavy (non-hydrogen) atoms. The number of sulfone groups is 1. The summed E-state index contributed by atoms with van der Waals surface area (Å²) in [6.45, 7) is 1.59. The fraction of sp³-hybridized carbons (Fsp3) is 0.267. The van der Waals surface area contributed by atoms with Crippen molar-refractivity contribution in [2.45, 2.75) is 16.7 Å². The van der Waals surface area contributed by atoms with Crippen LogP contribution in [-0.2, 0) is 27.7 Å². The van der Waals surface area contributed by atoms with Gasteiger partial charge in [0, 0.05) is 25.7 Å². The van der Waals surface area contributed by atoms with Gasteiger partial charge in [0.05, 0.1) is 26.3 Å². The van der Waals surface area contributed by atoms with Gasteiger partial charge < -0.3 is 4.57 Å². The number of aryl methyl sites for hydroxylation is 1. The van der Waals surface area contributed by atoms with E-state index in [4.69, 9.17) is 0 Å². The maximum Gasteiger partial charge on any atom is 0.180 e. The summed E-state index contributed by atoms with van der Waals surface area (Å²) in [4.78, 5) is 13.7. The van der Waals surface area contributed by atoms with Gasteiger partial charge in [0.1, 0.15) is 11.2 Å². The third kappa shape index (κ3) is 2.73. The molecule has 7 nitrogen and oxygen atoms in total. The molecule has 3 rings (SSSR count). The van der Waals surface area contributed by atoms with Gasteiger partial charge in [0.2, 0.25) is 0 Å². The summed E-state index contributed by atoms with van der Waals surface area (Å²) in [5.74, 6) is 0.386. The lowest BCUT2D eigenvalue weighted by Gasteiger charge is -2.07. The Morgan fingerprint density at radius 3 is 2.71 bits per heavy atom. The zero-order chi connectivity index (χ0) is 17.5. The molecule has 0 spiro atoms. The third-order valence-electron chi connectivity index (χ3n) is 3.71. The zero-order valence-corrected chi connectivity index (χ0v) is 15.1. The second-order valence-electron chi connectivity index (χ2n) is 5.22. The lowest BCUT2D eigenvalue weighted by molar-refractivity contribution is 0.597. The first-order valence-electron chi connectivity index (χ1n) is 7.19. The Hall–Kier alpha value is -2.13. The summed E-state index contributed by atoms with van der Waals surface area (Å²) in [6, 6.07) is 4.81. The Morgan fingerprint density at radius 2 is 2.04 bits per heavy atom. The molecule has 3 heterocycles. The van der Waals surface area contributed by atoms with Crippen LogP contribution in [0.2, 0.25) is 0 Å². The van der Waals surface area contributed by atoms with Crippen LogP contribution in [0.5, 0.6) is 0 Å². The molecule has 0 aliphatic carbocycles. The van der Waals surface area contributed by atoms with Gasteiger partial charge in [-0.05, 0) is 18.2 Å². The lowest BCUT2D eigenvalue weighted by Crippen LogP contribution is -2.08. The second kappa shape index (κ2) is 6.06. The quantitative estimate of drug-likeness (QED) is 0.697. The summed E-state index contributed by atoms with van der Waals surface area (Å²) in [5, 5.41) is 0. The highest BCUT2D eigenvalue weighted by atomic mass is 32.2. The normalized spacial score (nSPS) is 13.3. The Labute approximate surface area is 142 Å². The predicted octanol–water partition coefficient (Wildman–Crippen LogP) is 1.56. The van der Waals surface area contributed by atoms with E-state index in [0.29, 0.717) is 27.6 Å². The van der Waals surface area contributed by atoms with Gasteiger partial charge >= 0.3 is 0 Å². The average Bonchev–Trinajstić information content (AvgIpc) is 2.91. The van der Waals surface area contributed by atoms with E-state index in [2.05, 4.69) is 15.0 Å². The highest BCUT2D eigenvalue weighted by Gasteiger charge is 2.22. The lowest BCUT2D eigenvalue weighted by atomic mass is 10.3. The van der Waals surface area contributed by atoms with Gasteiger partial charge in [-0.25, -0.2) is 18.4 Å². The van der Waals surface area contributed by atoms with Crippen molar-refractivity contribution < 1.29 is 12.6 Å². The van der Waals surface area contributed by atoms with E-state index in [1.54, 1.807) is 36.9 Å². The molecule has 1 atom stereocenters. The SMILES string of the molecule is CCS(=O)(=O)c1cccnc1-c1nc2cc(S(C)=O)cnc2n1C. The molecule has 126 valence electrons. The van der Waals surface area contributed by atoms with Gasteiger partial charge in [-0.1, -0.05) is 6.92 Å². The number of hydrogen-bond donors (Lipinski definition) is 0. The monoisotopic (exact) mass is 364 g/mol. The zero-order valence-electron chi connectivity index (χ0n) is 13.4. The van der Waals surface area contributed by atoms with Crippen molar-refractivity contribution in [2.75, 3.05) is 12.0 Å². The Kier molecular flexibility index (Phi) is 4.22. The van der Waals surface area contributed by atoms with Crippen LogP contribution in [-0.4, -0.2) is 44.2 Å². The number of fused-ring (bicyclic) bond motifs is 1. The van der Waals surface area contributed by atoms with Crippen LogP contribution in [0.4, 0.5) is 0 Å². The van der Waals surface area contributed by atoms with E-state index in [1.165, 1.54) is 18.5 Å². The van der Waals surface area contributed by atoms with Crippen LogP contribution in [0, 0.1) is 0 Å². The van der Waals surface area contributed by atoms with Crippen molar-refractivity contribution in [2.24, 2.45) is 7.05 Å². The summed E-state index contributed by atoms with van der Waals surface area (Å²) >= 11 is 0. The standard InChI is InChI=1S/C15H16N4O3S2/c1-4-24(21,22)12-6-5-7-16-13(12)15-18-11-8-10(23(3)20)9-17-14(11)19(15)2/h5-9H,4H2,1-3H3. The first-order valence-corrected chi connectivity index (χ1v) is 10.4. The van der Waals surface area contributed by atoms with Crippen molar-refractivity contribution >= 4 is 31.8 Å². The highest BCUT2D eigenvalue weighted by Crippen LogP contribution is 2.27. The summed E-state index contributed by atoms with van der Waals surface area (Å²) in [7, 11) is -2.86. The average molecular weight is 364 g/mol. The van der Waals surface area contributed by atoms with Gasteiger partial charge in [-0.3, -0.25) is 9.19 Å². The predicted molar refractivity (Wildman–Crippen MR) is 91.8 cm³/mol. The van der Waals surface area contributed by atoms with Crippen LogP contribution in [0.3, 0.4) is 0 Å². The first-order chi connectivity index (χ1) is 11.3. The van der Waals surface area contributed by atoms with Crippen LogP contribution in [0.15, 0.2) is 40.4 Å². The molecule has 1 unspecified atom stereocenters. The largest absolute Gasteiger partial charge is 0.310 e. The molecule has 0 aliphatic heterocycles. The number of imidazole rings is 1. The maximum atomic E-state index is 12.3. The van der Waals surface area contributed by atoms with E-state index in [1.807, 2.05) is 0 Å². The topological polar surface area (TPSA) is 94.8 Å². The van der Waals surface area contributed by atoms with Crippen LogP contribution in [0.1, 0.15) is 6.92 Å². The van der Waals surface area contributed by atoms with Gasteiger partial charge in [-0.15, -0.1) is 0 Å². The molecule has 0 amide bonds. The third-order valence-corrected chi connectivity index (χ3v) is 6.36. The number of aromatic nitrogens is 4. The number of pyridine rings is 2. The summed E-state index contributed by atoms with van der Waals surface area (Å²) < 4.78 is 38.0. The van der Waals surface area contributed by atoms with Gasteiger partial charge in [0.15, 0.2) is 21.3 Å². The molecule has 0 radical (unpaired) electrons. The van der Waals surface area contributed by atoms with Crippen LogP contribution < -0.4 is 0 Å². The molecule has 0 fully saturated rings. The van der Waals surface area contributed by atoms with Crippen molar-refractivity contribution in [1.29, 1.82) is 0 Å². The molecular formula is C15H16N4O3S2. The molecule has 0 aliphatic rings. The molecule has 3 aromatic heterocycles. The summed E-state index contributed by atoms with van der Waals surface area (Å²) in [6.07, 6.45) is 4.63. The van der Waals surface area contributed by atoms with E-state index in [-0.39, 0.29) is 10.6 Å². The molecule has 0 saturated carbocycles. The van der Waals surface area contributed by atoms with Crippen molar-refractivity contribution in [1.82, 2.24) is 19.5 Å². The number of nitrogens with zero attached hydrogens (tertiary/aromatic N) is 4. The fourth-order valence-corrected chi connectivity index (χ4v) is 3.91.